The van der Waals surface area contributed by atoms with Gasteiger partial charge in [-0.3, -0.25) is 14.7 Å². The van der Waals surface area contributed by atoms with Gasteiger partial charge in [0.2, 0.25) is 0 Å². The summed E-state index contributed by atoms with van der Waals surface area (Å²) in [5.41, 5.74) is 17.5. The minimum Gasteiger partial charge on any atom is -0.872 e. The quantitative estimate of drug-likeness (QED) is 0.0824. The fraction of sp³-hybridized carbons (Fsp3) is 0.438. The molecule has 0 aliphatic rings. The minimum absolute atomic E-state index is 0. The van der Waals surface area contributed by atoms with Gasteiger partial charge in [-0.15, -0.1) is 11.5 Å². The normalized spacial score (nSPS) is 9.85. The van der Waals surface area contributed by atoms with Gasteiger partial charge in [-0.05, 0) is 57.4 Å². The zero-order valence-corrected chi connectivity index (χ0v) is 29.9. The number of hydrogen-bond donors (Lipinski definition) is 1. The van der Waals surface area contributed by atoms with Crippen molar-refractivity contribution in [3.63, 3.8) is 0 Å². The van der Waals surface area contributed by atoms with Crippen LogP contribution in [0.25, 0.3) is 16.0 Å². The predicted molar refractivity (Wildman–Crippen MR) is 174 cm³/mol. The van der Waals surface area contributed by atoms with Gasteiger partial charge in [0.05, 0.1) is 0 Å². The molecule has 0 amide bonds. The van der Waals surface area contributed by atoms with Crippen molar-refractivity contribution < 1.29 is 64.4 Å². The van der Waals surface area contributed by atoms with E-state index in [1.54, 1.807) is 24.3 Å². The molecule has 0 aromatic heterocycles. The van der Waals surface area contributed by atoms with E-state index in [1.165, 1.54) is 4.91 Å². The molecule has 47 heavy (non-hydrogen) atoms. The first kappa shape index (κ1) is 50.9. The number of aryl methyl sites for hydroxylation is 1. The van der Waals surface area contributed by atoms with Crippen LogP contribution in [0.5, 0.6) is 17.2 Å². The molecule has 15 heteroatoms. The van der Waals surface area contributed by atoms with Crippen molar-refractivity contribution >= 4 is 0 Å². The first-order chi connectivity index (χ1) is 20.5. The van der Waals surface area contributed by atoms with Crippen LogP contribution in [-0.4, -0.2) is 91.7 Å². The Morgan fingerprint density at radius 1 is 0.617 bits per heavy atom. The Morgan fingerprint density at radius 2 is 0.915 bits per heavy atom. The molecule has 3 rings (SSSR count). The number of aliphatic hydroxyl groups is 1. The number of nitrogens with zero attached hydrogens (tertiary/aromatic N) is 7. The standard InChI is InChI=1S/C31H44N4O3.CH4O.N3.2Ni.2H2O/c1-24-18-27(22-34(16-14-32(2)3)20-25-10-6-8-12-29(25)36)31(38)28(19-24)23-35(17-15-33(4)5)21-26-11-7-9-13-30(26)37;1-2;1-3-2;;;;/h6-13,18-19,36-38H,14-17,20-23H2,1-5H3;2H,1H3;;;;2*1H2/q;;-1;2*+2;;/p-2. The largest absolute Gasteiger partial charge is 2.00 e. The molecule has 0 aliphatic carbocycles. The van der Waals surface area contributed by atoms with Crippen molar-refractivity contribution in [3.05, 3.63) is 104 Å². The summed E-state index contributed by atoms with van der Waals surface area (Å²) in [6.45, 7) is 7.05. The topological polar surface area (TPSA) is 226 Å². The van der Waals surface area contributed by atoms with Crippen LogP contribution in [0.4, 0.5) is 0 Å². The van der Waals surface area contributed by atoms with Crippen molar-refractivity contribution in [3.8, 4) is 17.2 Å². The molecule has 3 aromatic carbocycles. The van der Waals surface area contributed by atoms with E-state index >= 15 is 0 Å². The minimum atomic E-state index is 0. The molecule has 0 fully saturated rings. The van der Waals surface area contributed by atoms with Crippen molar-refractivity contribution in [2.45, 2.75) is 33.1 Å². The Hall–Kier alpha value is -2.92. The van der Waals surface area contributed by atoms with E-state index in [0.717, 1.165) is 61.1 Å². The van der Waals surface area contributed by atoms with E-state index in [4.69, 9.17) is 16.2 Å². The molecule has 3 aromatic rings. The number of aliphatic hydroxyl groups excluding tert-OH is 1. The maximum Gasteiger partial charge on any atom is 2.00 e. The molecule has 0 unspecified atom stereocenters. The van der Waals surface area contributed by atoms with E-state index in [-0.39, 0.29) is 61.2 Å². The second-order valence-electron chi connectivity index (χ2n) is 10.7. The second-order valence-corrected chi connectivity index (χ2v) is 10.7. The van der Waals surface area contributed by atoms with E-state index in [9.17, 15) is 15.3 Å². The predicted octanol–water partition coefficient (Wildman–Crippen LogP) is 1.07. The number of hydrogen-bond acceptors (Lipinski definition) is 8. The molecule has 0 radical (unpaired) electrons. The Labute approximate surface area is 299 Å². The Kier molecular flexibility index (Phi) is 30.5. The fourth-order valence-electron chi connectivity index (χ4n) is 4.51. The number of rotatable bonds is 14. The van der Waals surface area contributed by atoms with Crippen LogP contribution in [0.1, 0.15) is 27.8 Å². The Bertz CT molecular complexity index is 1200. The van der Waals surface area contributed by atoms with Gasteiger partial charge in [0.15, 0.2) is 0 Å². The van der Waals surface area contributed by atoms with Crippen LogP contribution in [-0.2, 0) is 64.6 Å². The molecule has 268 valence electrons. The zero-order chi connectivity index (χ0) is 32.4. The maximum atomic E-state index is 13.7. The third-order valence-corrected chi connectivity index (χ3v) is 6.64. The van der Waals surface area contributed by atoms with Crippen molar-refractivity contribution in [2.24, 2.45) is 0 Å². The summed E-state index contributed by atoms with van der Waals surface area (Å²) < 4.78 is 0. The summed E-state index contributed by atoms with van der Waals surface area (Å²) in [4.78, 5) is 10.1. The molecule has 6 N–H and O–H groups in total. The zero-order valence-electron chi connectivity index (χ0n) is 27.9. The molecular formula is C32H50N7Ni2O6+. The van der Waals surface area contributed by atoms with Crippen LogP contribution in [0.3, 0.4) is 0 Å². The van der Waals surface area contributed by atoms with Crippen molar-refractivity contribution in [2.75, 3.05) is 61.5 Å². The van der Waals surface area contributed by atoms with E-state index in [1.807, 2.05) is 71.5 Å². The van der Waals surface area contributed by atoms with E-state index in [2.05, 4.69) is 19.6 Å². The summed E-state index contributed by atoms with van der Waals surface area (Å²) in [6.07, 6.45) is 0. The summed E-state index contributed by atoms with van der Waals surface area (Å²) in [6, 6.07) is 18.1. The second kappa shape index (κ2) is 28.1. The Balaban J connectivity index is -0.000000970. The van der Waals surface area contributed by atoms with Gasteiger partial charge in [-0.1, -0.05) is 72.0 Å². The SMILES string of the molecule is CO.Cc1cc(CN(CCN(C)C)Cc2ccccc2[O-])c([O-])c(CN(CCN(C)C)Cc2ccccc2[O-])c1.O.[N-]=[N+]=[N-].[Ni+2].[Ni+2].[OH3+]. The average molecular weight is 746 g/mol. The third-order valence-electron chi connectivity index (χ3n) is 6.64. The molecular weight excluding hydrogens is 696 g/mol. The van der Waals surface area contributed by atoms with Crippen molar-refractivity contribution in [1.82, 2.24) is 19.6 Å². The maximum absolute atomic E-state index is 13.7. The third kappa shape index (κ3) is 19.5. The molecule has 0 heterocycles. The molecule has 0 saturated heterocycles. The van der Waals surface area contributed by atoms with Crippen LogP contribution in [0, 0.1) is 6.92 Å². The number of para-hydroxylation sites is 2. The van der Waals surface area contributed by atoms with Gasteiger partial charge < -0.3 is 52.2 Å². The van der Waals surface area contributed by atoms with Gasteiger partial charge in [0, 0.05) is 59.5 Å². The molecule has 0 spiro atoms. The van der Waals surface area contributed by atoms with Crippen LogP contribution >= 0.6 is 0 Å². The average Bonchev–Trinajstić information content (AvgIpc) is 2.96. The molecule has 0 aliphatic heterocycles. The number of likely N-dealkylation sites (N-methyl/N-ethyl adjacent to an activating group) is 2. The van der Waals surface area contributed by atoms with Gasteiger partial charge in [-0.25, -0.2) is 0 Å². The van der Waals surface area contributed by atoms with Crippen LogP contribution in [0.2, 0.25) is 0 Å². The Morgan fingerprint density at radius 3 is 1.21 bits per heavy atom. The first-order valence-corrected chi connectivity index (χ1v) is 14.0. The van der Waals surface area contributed by atoms with Gasteiger partial charge in [-0.2, -0.15) is 0 Å². The molecule has 0 atom stereocenters. The first-order valence-electron chi connectivity index (χ1n) is 14.0. The van der Waals surface area contributed by atoms with Crippen LogP contribution in [0.15, 0.2) is 60.7 Å². The summed E-state index contributed by atoms with van der Waals surface area (Å²) in [7, 11) is 9.08. The van der Waals surface area contributed by atoms with Gasteiger partial charge >= 0.3 is 33.0 Å². The van der Waals surface area contributed by atoms with Crippen LogP contribution < -0.4 is 15.3 Å². The monoisotopic (exact) mass is 744 g/mol. The molecule has 0 saturated carbocycles. The van der Waals surface area contributed by atoms with Gasteiger partial charge in [0.25, 0.3) is 0 Å². The summed E-state index contributed by atoms with van der Waals surface area (Å²) >= 11 is 0. The van der Waals surface area contributed by atoms with Gasteiger partial charge in [0.1, 0.15) is 0 Å². The number of benzene rings is 3. The molecule has 13 nitrogen and oxygen atoms in total. The van der Waals surface area contributed by atoms with Crippen molar-refractivity contribution in [1.29, 1.82) is 0 Å². The summed E-state index contributed by atoms with van der Waals surface area (Å²) in [5, 5.41) is 45.5. The molecule has 0 bridgehead atoms. The van der Waals surface area contributed by atoms with E-state index in [0.29, 0.717) is 26.2 Å². The summed E-state index contributed by atoms with van der Waals surface area (Å²) in [5.74, 6) is 0.0702. The smallest absolute Gasteiger partial charge is 0.872 e. The fourth-order valence-corrected chi connectivity index (χ4v) is 4.51. The van der Waals surface area contributed by atoms with E-state index < -0.39 is 0 Å².